The third-order valence-electron chi connectivity index (χ3n) is 6.16. The van der Waals surface area contributed by atoms with E-state index in [9.17, 15) is 9.90 Å². The normalized spacial score (nSPS) is 15.4. The van der Waals surface area contributed by atoms with Crippen LogP contribution in [0, 0.1) is 0 Å². The molecule has 1 aliphatic carbocycles. The van der Waals surface area contributed by atoms with E-state index in [1.165, 1.54) is 28.9 Å². The summed E-state index contributed by atoms with van der Waals surface area (Å²) in [7, 11) is 0. The number of carboxylic acids is 1. The molecule has 0 bridgehead atoms. The first-order chi connectivity index (χ1) is 14.7. The lowest BCUT2D eigenvalue weighted by molar-refractivity contribution is 0.0695. The fourth-order valence-corrected chi connectivity index (χ4v) is 4.66. The van der Waals surface area contributed by atoms with Crippen LogP contribution < -0.4 is 4.90 Å². The van der Waals surface area contributed by atoms with Crippen LogP contribution in [0.5, 0.6) is 0 Å². The van der Waals surface area contributed by atoms with Crippen molar-refractivity contribution in [1.82, 2.24) is 4.98 Å². The van der Waals surface area contributed by atoms with Crippen LogP contribution in [0.1, 0.15) is 59.2 Å². The highest BCUT2D eigenvalue weighted by molar-refractivity contribution is 5.89. The Morgan fingerprint density at radius 2 is 1.97 bits per heavy atom. The van der Waals surface area contributed by atoms with Gasteiger partial charge >= 0.3 is 5.97 Å². The summed E-state index contributed by atoms with van der Waals surface area (Å²) in [4.78, 5) is 18.0. The maximum absolute atomic E-state index is 11.5. The number of hydrogen-bond donors (Lipinski definition) is 1. The molecule has 0 amide bonds. The molecule has 1 atom stereocenters. The zero-order valence-electron chi connectivity index (χ0n) is 17.4. The van der Waals surface area contributed by atoms with E-state index in [-0.39, 0.29) is 0 Å². The van der Waals surface area contributed by atoms with Gasteiger partial charge in [0.25, 0.3) is 0 Å². The summed E-state index contributed by atoms with van der Waals surface area (Å²) in [5.41, 5.74) is 6.51. The van der Waals surface area contributed by atoms with Crippen molar-refractivity contribution in [3.63, 3.8) is 0 Å². The van der Waals surface area contributed by atoms with Gasteiger partial charge in [-0.15, -0.1) is 0 Å². The molecular formula is C26H28N2O2. The second-order valence-corrected chi connectivity index (χ2v) is 7.93. The van der Waals surface area contributed by atoms with Gasteiger partial charge < -0.3 is 10.0 Å². The minimum Gasteiger partial charge on any atom is -0.478 e. The molecular weight excluding hydrogens is 372 g/mol. The van der Waals surface area contributed by atoms with Crippen molar-refractivity contribution in [2.75, 3.05) is 11.4 Å². The molecule has 3 aromatic rings. The molecule has 1 N–H and O–H groups in total. The van der Waals surface area contributed by atoms with Gasteiger partial charge in [-0.05, 0) is 92.0 Å². The van der Waals surface area contributed by atoms with E-state index in [2.05, 4.69) is 59.3 Å². The highest BCUT2D eigenvalue weighted by Crippen LogP contribution is 2.38. The number of para-hydroxylation sites is 1. The zero-order chi connectivity index (χ0) is 20.9. The summed E-state index contributed by atoms with van der Waals surface area (Å²) in [5.74, 6) is -0.405. The fourth-order valence-electron chi connectivity index (χ4n) is 4.66. The number of hydrogen-bond acceptors (Lipinski definition) is 3. The van der Waals surface area contributed by atoms with Crippen molar-refractivity contribution < 1.29 is 9.90 Å². The van der Waals surface area contributed by atoms with Gasteiger partial charge in [-0.25, -0.2) is 4.79 Å². The van der Waals surface area contributed by atoms with E-state index in [1.54, 1.807) is 18.5 Å². The van der Waals surface area contributed by atoms with Gasteiger partial charge in [0.1, 0.15) is 0 Å². The lowest BCUT2D eigenvalue weighted by atomic mass is 9.79. The van der Waals surface area contributed by atoms with Crippen molar-refractivity contribution in [1.29, 1.82) is 0 Å². The standard InChI is InChI=1S/C26H28N2O2/c1-2-28(22-9-4-3-5-10-22)23-13-14-24-19(7-6-8-20(24)17-23)11-12-21-18-27-16-15-25(21)26(29)30/h3-5,9-10,13-19H,2,6-8,11-12H2,1H3,(H,29,30)/t19-/m0/s1. The summed E-state index contributed by atoms with van der Waals surface area (Å²) in [6.07, 6.45) is 8.40. The zero-order valence-corrected chi connectivity index (χ0v) is 17.4. The summed E-state index contributed by atoms with van der Waals surface area (Å²) in [6.45, 7) is 3.11. The van der Waals surface area contributed by atoms with Crippen LogP contribution in [-0.2, 0) is 12.8 Å². The van der Waals surface area contributed by atoms with Crippen molar-refractivity contribution >= 4 is 17.3 Å². The minimum absolute atomic E-state index is 0.373. The molecule has 0 radical (unpaired) electrons. The van der Waals surface area contributed by atoms with Crippen LogP contribution >= 0.6 is 0 Å². The molecule has 0 spiro atoms. The van der Waals surface area contributed by atoms with E-state index in [4.69, 9.17) is 0 Å². The van der Waals surface area contributed by atoms with Gasteiger partial charge in [0.05, 0.1) is 5.56 Å². The van der Waals surface area contributed by atoms with Crippen LogP contribution in [0.2, 0.25) is 0 Å². The first-order valence-electron chi connectivity index (χ1n) is 10.8. The molecule has 2 aromatic carbocycles. The van der Waals surface area contributed by atoms with E-state index in [0.717, 1.165) is 37.8 Å². The second kappa shape index (κ2) is 9.12. The molecule has 4 rings (SSSR count). The lowest BCUT2D eigenvalue weighted by Gasteiger charge is -2.29. The molecule has 0 saturated carbocycles. The van der Waals surface area contributed by atoms with Crippen LogP contribution in [0.4, 0.5) is 11.4 Å². The largest absolute Gasteiger partial charge is 0.478 e. The summed E-state index contributed by atoms with van der Waals surface area (Å²) < 4.78 is 0. The molecule has 1 heterocycles. The minimum atomic E-state index is -0.873. The molecule has 0 fully saturated rings. The van der Waals surface area contributed by atoms with Crippen LogP contribution in [0.15, 0.2) is 67.0 Å². The molecule has 4 heteroatoms. The highest BCUT2D eigenvalue weighted by atomic mass is 16.4. The number of fused-ring (bicyclic) bond motifs is 1. The number of benzene rings is 2. The number of nitrogens with zero attached hydrogens (tertiary/aromatic N) is 2. The van der Waals surface area contributed by atoms with Gasteiger partial charge in [-0.2, -0.15) is 0 Å². The Morgan fingerprint density at radius 3 is 2.73 bits per heavy atom. The number of anilines is 2. The van der Waals surface area contributed by atoms with E-state index in [1.807, 2.05) is 6.07 Å². The van der Waals surface area contributed by atoms with Crippen LogP contribution in [-0.4, -0.2) is 22.6 Å². The number of aromatic nitrogens is 1. The maximum atomic E-state index is 11.5. The van der Waals surface area contributed by atoms with Gasteiger partial charge in [0, 0.05) is 30.3 Å². The highest BCUT2D eigenvalue weighted by Gasteiger charge is 2.22. The predicted octanol–water partition coefficient (Wildman–Crippen LogP) is 5.99. The van der Waals surface area contributed by atoms with Gasteiger partial charge in [0.15, 0.2) is 0 Å². The molecule has 0 unspecified atom stereocenters. The van der Waals surface area contributed by atoms with Crippen molar-refractivity contribution in [2.24, 2.45) is 0 Å². The molecule has 1 aliphatic rings. The first-order valence-corrected chi connectivity index (χ1v) is 10.8. The number of aryl methyl sites for hydroxylation is 2. The average molecular weight is 401 g/mol. The Hall–Kier alpha value is -3.14. The molecule has 0 saturated heterocycles. The fraction of sp³-hybridized carbons (Fsp3) is 0.308. The van der Waals surface area contributed by atoms with Crippen molar-refractivity contribution in [3.05, 3.63) is 89.2 Å². The number of carboxylic acid groups (broad SMARTS) is 1. The number of carbonyl (C=O) groups is 1. The van der Waals surface area contributed by atoms with Gasteiger partial charge in [-0.1, -0.05) is 24.3 Å². The van der Waals surface area contributed by atoms with Crippen molar-refractivity contribution in [2.45, 2.75) is 44.9 Å². The van der Waals surface area contributed by atoms with Crippen LogP contribution in [0.25, 0.3) is 0 Å². The monoisotopic (exact) mass is 400 g/mol. The lowest BCUT2D eigenvalue weighted by Crippen LogP contribution is -2.18. The molecule has 154 valence electrons. The topological polar surface area (TPSA) is 53.4 Å². The summed E-state index contributed by atoms with van der Waals surface area (Å²) in [5, 5.41) is 9.43. The number of pyridine rings is 1. The quantitative estimate of drug-likeness (QED) is 0.529. The number of rotatable bonds is 7. The third kappa shape index (κ3) is 4.23. The Bertz CT molecular complexity index is 1020. The number of aromatic carboxylic acids is 1. The average Bonchev–Trinajstić information content (AvgIpc) is 2.79. The van der Waals surface area contributed by atoms with Crippen molar-refractivity contribution in [3.8, 4) is 0 Å². The Balaban J connectivity index is 1.54. The second-order valence-electron chi connectivity index (χ2n) is 7.93. The summed E-state index contributed by atoms with van der Waals surface area (Å²) in [6, 6.07) is 19.0. The molecule has 1 aromatic heterocycles. The Morgan fingerprint density at radius 1 is 1.13 bits per heavy atom. The van der Waals surface area contributed by atoms with E-state index < -0.39 is 5.97 Å². The van der Waals surface area contributed by atoms with Gasteiger partial charge in [-0.3, -0.25) is 4.98 Å². The first kappa shape index (κ1) is 20.1. The Kier molecular flexibility index (Phi) is 6.12. The summed E-state index contributed by atoms with van der Waals surface area (Å²) >= 11 is 0. The molecule has 0 aliphatic heterocycles. The maximum Gasteiger partial charge on any atom is 0.336 e. The smallest absolute Gasteiger partial charge is 0.336 e. The third-order valence-corrected chi connectivity index (χ3v) is 6.16. The van der Waals surface area contributed by atoms with E-state index in [0.29, 0.717) is 11.5 Å². The predicted molar refractivity (Wildman–Crippen MR) is 121 cm³/mol. The molecule has 4 nitrogen and oxygen atoms in total. The van der Waals surface area contributed by atoms with E-state index >= 15 is 0 Å². The van der Waals surface area contributed by atoms with Crippen LogP contribution in [0.3, 0.4) is 0 Å². The molecule has 30 heavy (non-hydrogen) atoms. The SMILES string of the molecule is CCN(c1ccccc1)c1ccc2c(c1)CCC[C@H]2CCc1cnccc1C(=O)O. The Labute approximate surface area is 178 Å². The van der Waals surface area contributed by atoms with Gasteiger partial charge in [0.2, 0.25) is 0 Å².